The smallest absolute Gasteiger partial charge is 0.338 e. The number of benzene rings is 1. The fourth-order valence-electron chi connectivity index (χ4n) is 3.19. The van der Waals surface area contributed by atoms with Gasteiger partial charge in [0, 0.05) is 6.54 Å². The minimum absolute atomic E-state index is 0.132. The van der Waals surface area contributed by atoms with E-state index in [-0.39, 0.29) is 5.91 Å². The molecule has 1 aliphatic heterocycles. The number of fused-ring (bicyclic) bond motifs is 1. The van der Waals surface area contributed by atoms with Crippen LogP contribution in [-0.2, 0) is 16.0 Å². The van der Waals surface area contributed by atoms with Crippen LogP contribution in [0.25, 0.3) is 0 Å². The Kier molecular flexibility index (Phi) is 2.60. The van der Waals surface area contributed by atoms with Crippen molar-refractivity contribution in [2.24, 2.45) is 5.41 Å². The predicted molar refractivity (Wildman–Crippen MR) is 66.5 cm³/mol. The quantitative estimate of drug-likeness (QED) is 0.725. The van der Waals surface area contributed by atoms with E-state index in [1.165, 1.54) is 7.11 Å². The van der Waals surface area contributed by atoms with E-state index in [0.29, 0.717) is 30.5 Å². The summed E-state index contributed by atoms with van der Waals surface area (Å²) in [6, 6.07) is 5.15. The molecule has 5 heteroatoms. The molecule has 0 aromatic heterocycles. The third-order valence-corrected chi connectivity index (χ3v) is 4.24. The van der Waals surface area contributed by atoms with Crippen LogP contribution in [0.3, 0.4) is 0 Å². The van der Waals surface area contributed by atoms with Crippen LogP contribution in [0.1, 0.15) is 34.0 Å². The van der Waals surface area contributed by atoms with Crippen molar-refractivity contribution >= 4 is 11.9 Å². The highest BCUT2D eigenvalue weighted by Crippen LogP contribution is 2.50. The Bertz CT molecular complexity index is 569. The Balaban J connectivity index is 2.10. The summed E-state index contributed by atoms with van der Waals surface area (Å²) in [6.07, 6.45) is 0.123. The molecular weight excluding hydrogens is 246 g/mol. The van der Waals surface area contributed by atoms with E-state index in [4.69, 9.17) is 4.74 Å². The maximum atomic E-state index is 12.0. The number of amides is 1. The second kappa shape index (κ2) is 4.06. The molecule has 0 radical (unpaired) electrons. The molecule has 2 atom stereocenters. The van der Waals surface area contributed by atoms with E-state index in [1.807, 2.05) is 0 Å². The van der Waals surface area contributed by atoms with Gasteiger partial charge in [-0.3, -0.25) is 4.79 Å². The Hall–Kier alpha value is -1.88. The number of methoxy groups -OCH3 is 1. The Morgan fingerprint density at radius 3 is 2.95 bits per heavy atom. The van der Waals surface area contributed by atoms with Gasteiger partial charge in [0.05, 0.1) is 24.2 Å². The fourth-order valence-corrected chi connectivity index (χ4v) is 3.19. The Morgan fingerprint density at radius 1 is 1.53 bits per heavy atom. The van der Waals surface area contributed by atoms with Crippen molar-refractivity contribution in [2.75, 3.05) is 13.7 Å². The summed E-state index contributed by atoms with van der Waals surface area (Å²) in [5.41, 5.74) is 1.03. The number of carbonyl (C=O) groups excluding carboxylic acids is 2. The average Bonchev–Trinajstić information content (AvgIpc) is 2.92. The molecule has 5 nitrogen and oxygen atoms in total. The van der Waals surface area contributed by atoms with Crippen LogP contribution in [0.4, 0.5) is 0 Å². The number of aliphatic hydroxyl groups is 1. The molecule has 1 fully saturated rings. The molecule has 2 N–H and O–H groups in total. The van der Waals surface area contributed by atoms with Crippen molar-refractivity contribution in [2.45, 2.75) is 18.9 Å². The Morgan fingerprint density at radius 2 is 2.32 bits per heavy atom. The van der Waals surface area contributed by atoms with Crippen molar-refractivity contribution in [3.05, 3.63) is 34.9 Å². The van der Waals surface area contributed by atoms with E-state index in [9.17, 15) is 14.7 Å². The van der Waals surface area contributed by atoms with Crippen LogP contribution in [0.2, 0.25) is 0 Å². The lowest BCUT2D eigenvalue weighted by Crippen LogP contribution is -2.35. The van der Waals surface area contributed by atoms with Crippen molar-refractivity contribution in [1.82, 2.24) is 5.32 Å². The van der Waals surface area contributed by atoms with Gasteiger partial charge in [-0.25, -0.2) is 4.79 Å². The first-order chi connectivity index (χ1) is 9.10. The van der Waals surface area contributed by atoms with Crippen LogP contribution in [-0.4, -0.2) is 30.6 Å². The summed E-state index contributed by atoms with van der Waals surface area (Å²) in [7, 11) is 1.32. The summed E-state index contributed by atoms with van der Waals surface area (Å²) in [5, 5.41) is 13.2. The minimum Gasteiger partial charge on any atom is -0.465 e. The van der Waals surface area contributed by atoms with Crippen LogP contribution in [0.5, 0.6) is 0 Å². The molecule has 1 amide bonds. The minimum atomic E-state index is -0.852. The number of carbonyl (C=O) groups is 2. The van der Waals surface area contributed by atoms with E-state index in [0.717, 1.165) is 5.56 Å². The lowest BCUT2D eigenvalue weighted by Gasteiger charge is -2.23. The molecule has 2 aliphatic rings. The second-order valence-electron chi connectivity index (χ2n) is 5.11. The maximum Gasteiger partial charge on any atom is 0.338 e. The second-order valence-corrected chi connectivity index (χ2v) is 5.11. The van der Waals surface area contributed by atoms with Gasteiger partial charge in [-0.1, -0.05) is 12.1 Å². The van der Waals surface area contributed by atoms with Crippen LogP contribution in [0, 0.1) is 5.41 Å². The van der Waals surface area contributed by atoms with Gasteiger partial charge < -0.3 is 15.2 Å². The fraction of sp³-hybridized carbons (Fsp3) is 0.429. The Labute approximate surface area is 110 Å². The summed E-state index contributed by atoms with van der Waals surface area (Å²) in [6.45, 7) is 0.567. The molecule has 1 spiro atoms. The SMILES string of the molecule is COC(=O)c1cccc2c1CC1(CCNC1=O)C2O. The first-order valence-electron chi connectivity index (χ1n) is 6.26. The van der Waals surface area contributed by atoms with Crippen molar-refractivity contribution in [3.8, 4) is 0 Å². The number of rotatable bonds is 1. The molecule has 2 unspecified atom stereocenters. The summed E-state index contributed by atoms with van der Waals surface area (Å²) < 4.78 is 4.75. The zero-order chi connectivity index (χ0) is 13.6. The molecule has 0 bridgehead atoms. The van der Waals surface area contributed by atoms with Crippen molar-refractivity contribution in [3.63, 3.8) is 0 Å². The predicted octanol–water partition coefficient (Wildman–Crippen LogP) is 0.569. The van der Waals surface area contributed by atoms with Gasteiger partial charge in [-0.05, 0) is 30.0 Å². The number of nitrogens with one attached hydrogen (secondary N) is 1. The molecule has 0 saturated carbocycles. The normalized spacial score (nSPS) is 28.3. The third-order valence-electron chi connectivity index (χ3n) is 4.24. The molecule has 100 valence electrons. The topological polar surface area (TPSA) is 75.6 Å². The molecular formula is C14H15NO4. The highest BCUT2D eigenvalue weighted by Gasteiger charge is 2.54. The molecule has 1 aromatic rings. The monoisotopic (exact) mass is 261 g/mol. The molecule has 1 saturated heterocycles. The van der Waals surface area contributed by atoms with Crippen molar-refractivity contribution in [1.29, 1.82) is 0 Å². The number of hydrogen-bond donors (Lipinski definition) is 2. The van der Waals surface area contributed by atoms with Gasteiger partial charge in [-0.2, -0.15) is 0 Å². The lowest BCUT2D eigenvalue weighted by molar-refractivity contribution is -0.132. The van der Waals surface area contributed by atoms with Gasteiger partial charge in [0.25, 0.3) is 0 Å². The van der Waals surface area contributed by atoms with E-state index in [2.05, 4.69) is 5.32 Å². The first-order valence-corrected chi connectivity index (χ1v) is 6.26. The van der Waals surface area contributed by atoms with Gasteiger partial charge in [0.15, 0.2) is 0 Å². The van der Waals surface area contributed by atoms with Crippen LogP contribution < -0.4 is 5.32 Å². The highest BCUT2D eigenvalue weighted by atomic mass is 16.5. The molecule has 3 rings (SSSR count). The largest absolute Gasteiger partial charge is 0.465 e. The summed E-state index contributed by atoms with van der Waals surface area (Å²) in [5.74, 6) is -0.563. The number of aliphatic hydroxyl groups excluding tert-OH is 1. The maximum absolute atomic E-state index is 12.0. The zero-order valence-electron chi connectivity index (χ0n) is 10.6. The molecule has 1 heterocycles. The first kappa shape index (κ1) is 12.2. The lowest BCUT2D eigenvalue weighted by atomic mass is 9.81. The highest BCUT2D eigenvalue weighted by molar-refractivity contribution is 5.93. The number of ether oxygens (including phenoxy) is 1. The van der Waals surface area contributed by atoms with Crippen LogP contribution >= 0.6 is 0 Å². The van der Waals surface area contributed by atoms with Gasteiger partial charge >= 0.3 is 5.97 Å². The molecule has 19 heavy (non-hydrogen) atoms. The van der Waals surface area contributed by atoms with Gasteiger partial charge in [0.2, 0.25) is 5.91 Å². The van der Waals surface area contributed by atoms with Crippen LogP contribution in [0.15, 0.2) is 18.2 Å². The van der Waals surface area contributed by atoms with Crippen molar-refractivity contribution < 1.29 is 19.4 Å². The summed E-state index contributed by atoms with van der Waals surface area (Å²) in [4.78, 5) is 23.8. The number of hydrogen-bond acceptors (Lipinski definition) is 4. The van der Waals surface area contributed by atoms with Gasteiger partial charge in [-0.15, -0.1) is 0 Å². The molecule has 1 aromatic carbocycles. The number of esters is 1. The van der Waals surface area contributed by atoms with Gasteiger partial charge in [0.1, 0.15) is 0 Å². The van der Waals surface area contributed by atoms with E-state index >= 15 is 0 Å². The average molecular weight is 261 g/mol. The van der Waals surface area contributed by atoms with E-state index in [1.54, 1.807) is 18.2 Å². The zero-order valence-corrected chi connectivity index (χ0v) is 10.6. The molecule has 1 aliphatic carbocycles. The summed E-state index contributed by atoms with van der Waals surface area (Å²) >= 11 is 0. The van der Waals surface area contributed by atoms with E-state index < -0.39 is 17.5 Å². The standard InChI is InChI=1S/C14H15NO4/c1-19-12(17)9-4-2-3-8-10(9)7-14(11(8)16)5-6-15-13(14)18/h2-4,11,16H,5-7H2,1H3,(H,15,18). The third kappa shape index (κ3) is 1.51.